The molecule has 15 nitrogen and oxygen atoms in total. The van der Waals surface area contributed by atoms with E-state index in [1.807, 2.05) is 0 Å². The molecule has 324 valence electrons. The van der Waals surface area contributed by atoms with E-state index in [1.54, 1.807) is 54.5 Å². The summed E-state index contributed by atoms with van der Waals surface area (Å²) in [7, 11) is 1.16. The molecule has 3 aromatic rings. The Morgan fingerprint density at radius 1 is 1.00 bits per heavy atom. The molecular formula is C41H48BrF3N6O9. The summed E-state index contributed by atoms with van der Waals surface area (Å²) in [5.41, 5.74) is -1.62. The Hall–Kier alpha value is -5.72. The minimum Gasteiger partial charge on any atom is -0.444 e. The lowest BCUT2D eigenvalue weighted by Crippen LogP contribution is -2.48. The molecule has 1 aliphatic rings. The molecule has 2 aromatic carbocycles. The van der Waals surface area contributed by atoms with Crippen molar-refractivity contribution >= 4 is 51.8 Å². The topological polar surface area (TPSA) is 178 Å². The van der Waals surface area contributed by atoms with Gasteiger partial charge in [-0.05, 0) is 89.4 Å². The second-order valence-corrected chi connectivity index (χ2v) is 16.4. The molecule has 0 bridgehead atoms. The zero-order valence-electron chi connectivity index (χ0n) is 34.6. The number of anilines is 1. The smallest absolute Gasteiger partial charge is 0.419 e. The van der Waals surface area contributed by atoms with E-state index in [4.69, 9.17) is 19.2 Å². The van der Waals surface area contributed by atoms with Crippen LogP contribution in [0.2, 0.25) is 0 Å². The highest BCUT2D eigenvalue weighted by molar-refractivity contribution is 9.10. The van der Waals surface area contributed by atoms with Crippen LogP contribution in [0.25, 0.3) is 5.69 Å². The van der Waals surface area contributed by atoms with Gasteiger partial charge in [0.05, 0.1) is 23.5 Å². The minimum absolute atomic E-state index is 0.0293. The van der Waals surface area contributed by atoms with Gasteiger partial charge in [0.25, 0.3) is 17.4 Å². The summed E-state index contributed by atoms with van der Waals surface area (Å²) in [4.78, 5) is 85.9. The maximum Gasteiger partial charge on any atom is 0.419 e. The van der Waals surface area contributed by atoms with Gasteiger partial charge < -0.3 is 29.7 Å². The summed E-state index contributed by atoms with van der Waals surface area (Å²) < 4.78 is 57.6. The average Bonchev–Trinajstić information content (AvgIpc) is 3.15. The van der Waals surface area contributed by atoms with Crippen molar-refractivity contribution in [1.82, 2.24) is 24.7 Å². The van der Waals surface area contributed by atoms with Gasteiger partial charge in [-0.3, -0.25) is 14.4 Å². The first-order chi connectivity index (χ1) is 27.8. The second kappa shape index (κ2) is 18.7. The Labute approximate surface area is 353 Å². The van der Waals surface area contributed by atoms with Crippen LogP contribution < -0.4 is 16.2 Å². The first kappa shape index (κ1) is 47.0. The summed E-state index contributed by atoms with van der Waals surface area (Å²) in [5, 5.41) is 5.55. The van der Waals surface area contributed by atoms with Crippen molar-refractivity contribution in [3.8, 4) is 5.69 Å². The number of rotatable bonds is 11. The number of nitrogens with one attached hydrogen (secondary N) is 2. The number of halogens is 4. The molecule has 4 amide bonds. The molecule has 0 radical (unpaired) electrons. The number of fused-ring (bicyclic) bond motifs is 1. The third-order valence-corrected chi connectivity index (χ3v) is 9.89. The van der Waals surface area contributed by atoms with Crippen LogP contribution in [0.1, 0.15) is 92.9 Å². The highest BCUT2D eigenvalue weighted by atomic mass is 79.9. The first-order valence-corrected chi connectivity index (χ1v) is 19.6. The number of alkyl carbamates (subject to hydrolysis) is 1. The molecule has 0 fully saturated rings. The quantitative estimate of drug-likeness (QED) is 0.113. The lowest BCUT2D eigenvalue weighted by atomic mass is 9.98. The lowest BCUT2D eigenvalue weighted by Gasteiger charge is -2.35. The highest BCUT2D eigenvalue weighted by Gasteiger charge is 2.37. The number of nitrogens with zero attached hydrogens (tertiary/aromatic N) is 4. The standard InChI is InChI=1S/C41H48BrF3N6O9/c1-11-22(4)46-37-47-31-20-50(34(53)26-14-17-30(42)29(19-26)41(43,44)45)23(5)18-28(31)35(54)51(37)27-15-12-25(13-16-27)33(52)49(10)39(57)59-24(6)58-36(55)32(21(2)3)48-38(56)60-40(7,8)9/h11-17,19,21-24,32H,1,18,20H2,2-10H3,(H,46,47)(H,48,56)/t22-,23+,24+,32-/m0/s1. The van der Waals surface area contributed by atoms with Gasteiger partial charge in [-0.25, -0.2) is 28.8 Å². The number of ether oxygens (including phenoxy) is 3. The predicted molar refractivity (Wildman–Crippen MR) is 217 cm³/mol. The number of aromatic nitrogens is 2. The third kappa shape index (κ3) is 11.3. The molecule has 0 spiro atoms. The van der Waals surface area contributed by atoms with E-state index >= 15 is 0 Å². The van der Waals surface area contributed by atoms with Crippen LogP contribution in [-0.4, -0.2) is 86.4 Å². The molecule has 60 heavy (non-hydrogen) atoms. The van der Waals surface area contributed by atoms with Crippen LogP contribution in [0.15, 0.2) is 64.4 Å². The van der Waals surface area contributed by atoms with Crippen molar-refractivity contribution in [3.63, 3.8) is 0 Å². The van der Waals surface area contributed by atoms with E-state index in [1.165, 1.54) is 46.7 Å². The average molecular weight is 906 g/mol. The minimum atomic E-state index is -4.70. The summed E-state index contributed by atoms with van der Waals surface area (Å²) >= 11 is 2.90. The fourth-order valence-electron chi connectivity index (χ4n) is 6.01. The first-order valence-electron chi connectivity index (χ1n) is 18.8. The molecule has 0 unspecified atom stereocenters. The van der Waals surface area contributed by atoms with E-state index in [0.717, 1.165) is 19.2 Å². The van der Waals surface area contributed by atoms with E-state index in [0.29, 0.717) is 4.90 Å². The molecule has 1 aliphatic heterocycles. The summed E-state index contributed by atoms with van der Waals surface area (Å²) in [6.45, 7) is 16.6. The van der Waals surface area contributed by atoms with Gasteiger partial charge in [0.15, 0.2) is 0 Å². The molecule has 0 aliphatic carbocycles. The maximum atomic E-state index is 14.2. The van der Waals surface area contributed by atoms with Crippen LogP contribution in [-0.2, 0) is 38.1 Å². The van der Waals surface area contributed by atoms with E-state index < -0.39 is 83.2 Å². The monoisotopic (exact) mass is 904 g/mol. The number of hydrogen-bond donors (Lipinski definition) is 2. The Morgan fingerprint density at radius 2 is 1.62 bits per heavy atom. The normalized spacial score (nSPS) is 15.5. The van der Waals surface area contributed by atoms with Gasteiger partial charge in [-0.1, -0.05) is 35.9 Å². The SMILES string of the molecule is C=C[C@H](C)Nc1nc2c(c(=O)n1-c1ccc(C(=O)N(C)C(=O)O[C@H](C)OC(=O)[C@@H](NC(=O)OC(C)(C)C)C(C)C)cc1)C[C@@H](C)N(C(=O)c1ccc(Br)c(C(F)(F)F)c1)C2. The zero-order valence-corrected chi connectivity index (χ0v) is 36.2. The van der Waals surface area contributed by atoms with Gasteiger partial charge in [-0.15, -0.1) is 6.58 Å². The van der Waals surface area contributed by atoms with Gasteiger partial charge in [0.1, 0.15) is 11.6 Å². The van der Waals surface area contributed by atoms with Crippen molar-refractivity contribution in [2.24, 2.45) is 5.92 Å². The van der Waals surface area contributed by atoms with Gasteiger partial charge in [0, 0.05) is 47.2 Å². The van der Waals surface area contributed by atoms with Crippen molar-refractivity contribution in [1.29, 1.82) is 0 Å². The van der Waals surface area contributed by atoms with Crippen molar-refractivity contribution in [3.05, 3.63) is 97.9 Å². The van der Waals surface area contributed by atoms with Crippen molar-refractivity contribution in [2.45, 2.75) is 105 Å². The molecule has 19 heteroatoms. The highest BCUT2D eigenvalue weighted by Crippen LogP contribution is 2.36. The molecular weight excluding hydrogens is 857 g/mol. The molecule has 0 saturated heterocycles. The van der Waals surface area contributed by atoms with Crippen molar-refractivity contribution in [2.75, 3.05) is 12.4 Å². The fraction of sp³-hybridized carbons (Fsp3) is 0.439. The second-order valence-electron chi connectivity index (χ2n) is 15.5. The lowest BCUT2D eigenvalue weighted by molar-refractivity contribution is -0.169. The molecule has 0 saturated carbocycles. The van der Waals surface area contributed by atoms with E-state index in [2.05, 4.69) is 33.1 Å². The number of imide groups is 1. The molecule has 1 aromatic heterocycles. The predicted octanol–water partition coefficient (Wildman–Crippen LogP) is 7.23. The Morgan fingerprint density at radius 3 is 2.18 bits per heavy atom. The third-order valence-electron chi connectivity index (χ3n) is 9.20. The number of hydrogen-bond acceptors (Lipinski definition) is 11. The largest absolute Gasteiger partial charge is 0.444 e. The van der Waals surface area contributed by atoms with Crippen molar-refractivity contribution < 1.29 is 51.4 Å². The van der Waals surface area contributed by atoms with Crippen LogP contribution in [0.3, 0.4) is 0 Å². The Bertz CT molecular complexity index is 2210. The summed E-state index contributed by atoms with van der Waals surface area (Å²) in [6, 6.07) is 6.80. The Balaban J connectivity index is 1.53. The zero-order chi connectivity index (χ0) is 45.0. The number of carbonyl (C=O) groups excluding carboxylic acids is 5. The molecule has 2 N–H and O–H groups in total. The number of amides is 4. The van der Waals surface area contributed by atoms with E-state index in [-0.39, 0.29) is 51.5 Å². The van der Waals surface area contributed by atoms with Crippen LogP contribution in [0, 0.1) is 5.92 Å². The van der Waals surface area contributed by atoms with Crippen LogP contribution >= 0.6 is 15.9 Å². The van der Waals surface area contributed by atoms with Gasteiger partial charge >= 0.3 is 24.3 Å². The van der Waals surface area contributed by atoms with Gasteiger partial charge in [-0.2, -0.15) is 13.2 Å². The van der Waals surface area contributed by atoms with Crippen LogP contribution in [0.5, 0.6) is 0 Å². The molecule has 2 heterocycles. The molecule has 4 atom stereocenters. The number of carbonyl (C=O) groups is 5. The van der Waals surface area contributed by atoms with Crippen LogP contribution in [0.4, 0.5) is 28.7 Å². The summed E-state index contributed by atoms with van der Waals surface area (Å²) in [5.74, 6) is -2.70. The number of alkyl halides is 3. The fourth-order valence-corrected chi connectivity index (χ4v) is 6.49. The Kier molecular flexibility index (Phi) is 14.6. The molecule has 4 rings (SSSR count). The number of benzene rings is 2. The maximum absolute atomic E-state index is 14.2. The van der Waals surface area contributed by atoms with Gasteiger partial charge in [0.2, 0.25) is 12.2 Å². The van der Waals surface area contributed by atoms with E-state index in [9.17, 15) is 41.9 Å². The number of esters is 1. The summed E-state index contributed by atoms with van der Waals surface area (Å²) in [6.07, 6.45) is -6.52.